The van der Waals surface area contributed by atoms with Crippen LogP contribution in [0.15, 0.2) is 54.6 Å². The van der Waals surface area contributed by atoms with E-state index in [1.165, 1.54) is 17.0 Å². The highest BCUT2D eigenvalue weighted by atomic mass is 32.2. The number of hydrogen-bond donors (Lipinski definition) is 1. The van der Waals surface area contributed by atoms with Gasteiger partial charge in [-0.1, -0.05) is 43.3 Å². The average Bonchev–Trinajstić information content (AvgIpc) is 2.69. The van der Waals surface area contributed by atoms with Crippen molar-refractivity contribution in [2.75, 3.05) is 30.8 Å². The second kappa shape index (κ2) is 10.1. The largest absolute Gasteiger partial charge is 0.497 e. The fraction of sp³-hybridized carbons (Fsp3) is 0.381. The summed E-state index contributed by atoms with van der Waals surface area (Å²) in [6, 6.07) is 16.9. The van der Waals surface area contributed by atoms with E-state index < -0.39 is 10.0 Å². The minimum absolute atomic E-state index is 0.0816. The van der Waals surface area contributed by atoms with Crippen LogP contribution in [-0.2, 0) is 14.8 Å². The Labute approximate surface area is 167 Å². The molecule has 2 rings (SSSR count). The van der Waals surface area contributed by atoms with Gasteiger partial charge in [0.05, 0.1) is 19.1 Å². The highest BCUT2D eigenvalue weighted by Gasteiger charge is 2.18. The summed E-state index contributed by atoms with van der Waals surface area (Å²) in [5, 5.41) is 2.92. The molecule has 1 unspecified atom stereocenters. The van der Waals surface area contributed by atoms with Gasteiger partial charge in [-0.15, -0.1) is 0 Å². The van der Waals surface area contributed by atoms with E-state index in [9.17, 15) is 13.2 Å². The molecule has 0 aromatic heterocycles. The normalized spacial score (nSPS) is 12.2. The number of methoxy groups -OCH3 is 1. The van der Waals surface area contributed by atoms with E-state index in [1.807, 2.05) is 30.3 Å². The van der Waals surface area contributed by atoms with Gasteiger partial charge in [-0.3, -0.25) is 9.10 Å². The summed E-state index contributed by atoms with van der Waals surface area (Å²) in [7, 11) is -1.92. The Hall–Kier alpha value is -2.54. The zero-order valence-electron chi connectivity index (χ0n) is 16.6. The highest BCUT2D eigenvalue weighted by molar-refractivity contribution is 7.92. The van der Waals surface area contributed by atoms with Crippen LogP contribution in [0.4, 0.5) is 5.69 Å². The third-order valence-electron chi connectivity index (χ3n) is 4.48. The molecule has 2 aromatic rings. The smallest absolute Gasteiger partial charge is 0.232 e. The van der Waals surface area contributed by atoms with Gasteiger partial charge in [0.15, 0.2) is 0 Å². The Balaban J connectivity index is 1.87. The van der Waals surface area contributed by atoms with Crippen LogP contribution in [0.5, 0.6) is 5.75 Å². The predicted octanol–water partition coefficient (Wildman–Crippen LogP) is 3.16. The molecular weight excluding hydrogens is 376 g/mol. The molecule has 1 atom stereocenters. The van der Waals surface area contributed by atoms with Crippen molar-refractivity contribution >= 4 is 21.6 Å². The van der Waals surface area contributed by atoms with Gasteiger partial charge in [0, 0.05) is 25.6 Å². The number of anilines is 1. The van der Waals surface area contributed by atoms with Gasteiger partial charge < -0.3 is 10.1 Å². The Morgan fingerprint density at radius 3 is 2.50 bits per heavy atom. The lowest BCUT2D eigenvalue weighted by atomic mass is 10.0. The van der Waals surface area contributed by atoms with Crippen LogP contribution < -0.4 is 14.4 Å². The van der Waals surface area contributed by atoms with E-state index in [1.54, 1.807) is 24.3 Å². The number of ether oxygens (including phenoxy) is 1. The molecule has 1 N–H and O–H groups in total. The first-order valence-corrected chi connectivity index (χ1v) is 11.1. The zero-order valence-corrected chi connectivity index (χ0v) is 17.4. The van der Waals surface area contributed by atoms with Crippen molar-refractivity contribution in [2.45, 2.75) is 25.7 Å². The molecule has 0 heterocycles. The lowest BCUT2D eigenvalue weighted by Crippen LogP contribution is -2.32. The minimum Gasteiger partial charge on any atom is -0.497 e. The topological polar surface area (TPSA) is 75.7 Å². The number of carbonyl (C=O) groups is 1. The van der Waals surface area contributed by atoms with E-state index in [-0.39, 0.29) is 24.8 Å². The molecule has 0 aliphatic rings. The fourth-order valence-corrected chi connectivity index (χ4v) is 3.85. The first-order valence-electron chi connectivity index (χ1n) is 9.24. The maximum Gasteiger partial charge on any atom is 0.232 e. The maximum atomic E-state index is 12.2. The summed E-state index contributed by atoms with van der Waals surface area (Å²) in [5.41, 5.74) is 1.70. The quantitative estimate of drug-likeness (QED) is 0.660. The first-order chi connectivity index (χ1) is 13.3. The lowest BCUT2D eigenvalue weighted by molar-refractivity contribution is -0.121. The molecule has 28 heavy (non-hydrogen) atoms. The summed E-state index contributed by atoms with van der Waals surface area (Å²) < 4.78 is 30.8. The van der Waals surface area contributed by atoms with E-state index >= 15 is 0 Å². The van der Waals surface area contributed by atoms with E-state index in [0.29, 0.717) is 24.4 Å². The van der Waals surface area contributed by atoms with E-state index in [4.69, 9.17) is 4.74 Å². The molecule has 0 bridgehead atoms. The van der Waals surface area contributed by atoms with Gasteiger partial charge in [-0.05, 0) is 30.0 Å². The number of benzene rings is 2. The van der Waals surface area contributed by atoms with Gasteiger partial charge in [0.1, 0.15) is 5.75 Å². The van der Waals surface area contributed by atoms with Crippen LogP contribution in [0.25, 0.3) is 0 Å². The van der Waals surface area contributed by atoms with Crippen LogP contribution in [-0.4, -0.2) is 40.8 Å². The predicted molar refractivity (Wildman–Crippen MR) is 112 cm³/mol. The molecule has 152 valence electrons. The number of sulfonamides is 1. The number of hydrogen-bond acceptors (Lipinski definition) is 4. The zero-order chi connectivity index (χ0) is 20.6. The number of nitrogens with one attached hydrogen (secondary N) is 1. The van der Waals surface area contributed by atoms with Crippen LogP contribution >= 0.6 is 0 Å². The molecule has 6 nitrogen and oxygen atoms in total. The summed E-state index contributed by atoms with van der Waals surface area (Å²) in [6.45, 7) is 2.84. The van der Waals surface area contributed by atoms with Crippen LogP contribution in [0, 0.1) is 0 Å². The highest BCUT2D eigenvalue weighted by Crippen LogP contribution is 2.23. The molecule has 1 amide bonds. The summed E-state index contributed by atoms with van der Waals surface area (Å²) in [4.78, 5) is 12.1. The van der Waals surface area contributed by atoms with Crippen LogP contribution in [0.2, 0.25) is 0 Å². The molecule has 0 fully saturated rings. The van der Waals surface area contributed by atoms with Crippen molar-refractivity contribution in [3.8, 4) is 5.75 Å². The van der Waals surface area contributed by atoms with Crippen molar-refractivity contribution in [3.63, 3.8) is 0 Å². The number of carbonyl (C=O) groups excluding carboxylic acids is 1. The Kier molecular flexibility index (Phi) is 7.87. The second-order valence-electron chi connectivity index (χ2n) is 6.76. The number of rotatable bonds is 10. The standard InChI is InChI=1S/C21H28N2O4S/c1-17(18-9-5-4-6-10-18)16-22-21(24)13-8-14-23(28(3,25)26)19-11-7-12-20(15-19)27-2/h4-7,9-12,15,17H,8,13-14,16H2,1-3H3,(H,22,24). The third kappa shape index (κ3) is 6.56. The second-order valence-corrected chi connectivity index (χ2v) is 8.66. The number of nitrogens with zero attached hydrogens (tertiary/aromatic N) is 1. The molecule has 0 saturated heterocycles. The van der Waals surface area contributed by atoms with Gasteiger partial charge in [-0.25, -0.2) is 8.42 Å². The lowest BCUT2D eigenvalue weighted by Gasteiger charge is -2.22. The summed E-state index contributed by atoms with van der Waals surface area (Å²) in [6.07, 6.45) is 1.85. The molecule has 0 radical (unpaired) electrons. The molecule has 0 saturated carbocycles. The first kappa shape index (κ1) is 21.8. The van der Waals surface area contributed by atoms with Crippen molar-refractivity contribution in [1.82, 2.24) is 5.32 Å². The van der Waals surface area contributed by atoms with E-state index in [2.05, 4.69) is 12.2 Å². The van der Waals surface area contributed by atoms with Crippen molar-refractivity contribution in [3.05, 3.63) is 60.2 Å². The van der Waals surface area contributed by atoms with Crippen molar-refractivity contribution in [1.29, 1.82) is 0 Å². The van der Waals surface area contributed by atoms with Crippen molar-refractivity contribution in [2.24, 2.45) is 0 Å². The Morgan fingerprint density at radius 2 is 1.86 bits per heavy atom. The maximum absolute atomic E-state index is 12.2. The fourth-order valence-electron chi connectivity index (χ4n) is 2.89. The van der Waals surface area contributed by atoms with Crippen LogP contribution in [0.1, 0.15) is 31.2 Å². The summed E-state index contributed by atoms with van der Waals surface area (Å²) in [5.74, 6) is 0.718. The Bertz CT molecular complexity index is 869. The number of amides is 1. The SMILES string of the molecule is COc1cccc(N(CCCC(=O)NCC(C)c2ccccc2)S(C)(=O)=O)c1. The molecule has 2 aromatic carbocycles. The van der Waals surface area contributed by atoms with Gasteiger partial charge >= 0.3 is 0 Å². The molecular formula is C21H28N2O4S. The molecule has 0 aliphatic heterocycles. The van der Waals surface area contributed by atoms with Crippen LogP contribution in [0.3, 0.4) is 0 Å². The Morgan fingerprint density at radius 1 is 1.14 bits per heavy atom. The minimum atomic E-state index is -3.46. The van der Waals surface area contributed by atoms with Gasteiger partial charge in [-0.2, -0.15) is 0 Å². The average molecular weight is 405 g/mol. The summed E-state index contributed by atoms with van der Waals surface area (Å²) >= 11 is 0. The molecule has 7 heteroatoms. The molecule has 0 aliphatic carbocycles. The molecule has 0 spiro atoms. The van der Waals surface area contributed by atoms with E-state index in [0.717, 1.165) is 6.26 Å². The van der Waals surface area contributed by atoms with Gasteiger partial charge in [0.2, 0.25) is 15.9 Å². The monoisotopic (exact) mass is 404 g/mol. The third-order valence-corrected chi connectivity index (χ3v) is 5.67. The van der Waals surface area contributed by atoms with Crippen molar-refractivity contribution < 1.29 is 17.9 Å². The van der Waals surface area contributed by atoms with Gasteiger partial charge in [0.25, 0.3) is 0 Å².